The quantitative estimate of drug-likeness (QED) is 0.342. The molecule has 3 aromatic rings. The Morgan fingerprint density at radius 1 is 0.844 bits per heavy atom. The van der Waals surface area contributed by atoms with Gasteiger partial charge in [0.1, 0.15) is 11.9 Å². The summed E-state index contributed by atoms with van der Waals surface area (Å²) in [6.07, 6.45) is 1.13. The van der Waals surface area contributed by atoms with Crippen LogP contribution in [-0.4, -0.2) is 38.5 Å². The van der Waals surface area contributed by atoms with Gasteiger partial charge in [0.15, 0.2) is 0 Å². The zero-order valence-electron chi connectivity index (χ0n) is 19.2. The lowest BCUT2D eigenvalue weighted by Gasteiger charge is -2.41. The number of hydrogen-bond acceptors (Lipinski definition) is 4. The van der Waals surface area contributed by atoms with Crippen LogP contribution in [0.25, 0.3) is 0 Å². The summed E-state index contributed by atoms with van der Waals surface area (Å²) >= 11 is 0. The van der Waals surface area contributed by atoms with Crippen LogP contribution in [0.3, 0.4) is 0 Å². The molecule has 2 N–H and O–H groups in total. The molecular weight excluding hydrogens is 416 g/mol. The van der Waals surface area contributed by atoms with E-state index in [1.54, 1.807) is 7.11 Å². The number of rotatable bonds is 11. The number of hydrogen-bond donors (Lipinski definition) is 2. The number of para-hydroxylation sites is 1. The van der Waals surface area contributed by atoms with E-state index in [1.807, 2.05) is 84.9 Å². The fraction of sp³-hybridized carbons (Fsp3) is 0.333. The lowest BCUT2D eigenvalue weighted by Crippen LogP contribution is -2.65. The number of aliphatic hydroxyl groups excluding tert-OH is 1. The maximum absolute atomic E-state index is 12.2. The van der Waals surface area contributed by atoms with Gasteiger partial charge in [0, 0.05) is 12.2 Å². The van der Waals surface area contributed by atoms with Crippen molar-refractivity contribution in [1.82, 2.24) is 0 Å². The van der Waals surface area contributed by atoms with E-state index in [9.17, 15) is 9.90 Å². The Labute approximate surface area is 192 Å². The van der Waals surface area contributed by atoms with Crippen molar-refractivity contribution in [3.63, 3.8) is 0 Å². The molecule has 0 aliphatic heterocycles. The molecule has 4 nitrogen and oxygen atoms in total. The molecule has 0 aliphatic carbocycles. The summed E-state index contributed by atoms with van der Waals surface area (Å²) < 4.78 is 11.5. The fourth-order valence-corrected chi connectivity index (χ4v) is 8.19. The maximum atomic E-state index is 12.2. The molecule has 0 unspecified atom stereocenters. The second kappa shape index (κ2) is 10.9. The van der Waals surface area contributed by atoms with Crippen molar-refractivity contribution in [3.05, 3.63) is 90.5 Å². The summed E-state index contributed by atoms with van der Waals surface area (Å²) in [5.74, 6) is 0.710. The van der Waals surface area contributed by atoms with Gasteiger partial charge in [-0.15, -0.1) is 0 Å². The molecule has 0 fully saturated rings. The zero-order chi connectivity index (χ0) is 23.0. The van der Waals surface area contributed by atoms with Crippen LogP contribution in [0.5, 0.6) is 5.75 Å². The molecule has 0 aliphatic rings. The lowest BCUT2D eigenvalue weighted by molar-refractivity contribution is 0.00786. The molecule has 0 spiro atoms. The van der Waals surface area contributed by atoms with Gasteiger partial charge in [0.2, 0.25) is 0 Å². The molecule has 0 saturated heterocycles. The van der Waals surface area contributed by atoms with E-state index in [0.29, 0.717) is 12.4 Å². The predicted molar refractivity (Wildman–Crippen MR) is 132 cm³/mol. The van der Waals surface area contributed by atoms with Gasteiger partial charge in [-0.3, -0.25) is 0 Å². The zero-order valence-corrected chi connectivity index (χ0v) is 20.2. The second-order valence-electron chi connectivity index (χ2n) is 8.71. The van der Waals surface area contributed by atoms with Crippen LogP contribution < -0.4 is 15.1 Å². The van der Waals surface area contributed by atoms with E-state index in [0.717, 1.165) is 28.8 Å². The summed E-state index contributed by atoms with van der Waals surface area (Å²) in [4.78, 5) is 12.2. The molecule has 170 valence electrons. The van der Waals surface area contributed by atoms with Crippen LogP contribution in [0.2, 0.25) is 5.04 Å². The van der Waals surface area contributed by atoms with Crippen molar-refractivity contribution in [1.29, 1.82) is 0 Å². The van der Waals surface area contributed by atoms with Crippen LogP contribution in [-0.2, 0) is 4.74 Å². The van der Waals surface area contributed by atoms with E-state index in [4.69, 9.17) is 9.47 Å². The summed E-state index contributed by atoms with van der Waals surface area (Å²) in [6.45, 7) is 4.68. The van der Waals surface area contributed by atoms with Crippen LogP contribution in [0.1, 0.15) is 38.4 Å². The molecule has 0 bridgehead atoms. The molecule has 1 atom stereocenters. The highest BCUT2D eigenvalue weighted by Gasteiger charge is 2.49. The van der Waals surface area contributed by atoms with E-state index >= 15 is 0 Å². The normalized spacial score (nSPS) is 13.0. The van der Waals surface area contributed by atoms with Gasteiger partial charge >= 0.3 is 0 Å². The van der Waals surface area contributed by atoms with Crippen molar-refractivity contribution in [2.24, 2.45) is 0 Å². The van der Waals surface area contributed by atoms with Crippen molar-refractivity contribution < 1.29 is 19.4 Å². The maximum Gasteiger partial charge on any atom is 0.258 e. The Morgan fingerprint density at radius 3 is 1.91 bits per heavy atom. The number of benzene rings is 3. The molecule has 0 amide bonds. The minimum Gasteiger partial charge on any atom is -0.496 e. The summed E-state index contributed by atoms with van der Waals surface area (Å²) in [7, 11) is -1.40. The van der Waals surface area contributed by atoms with Crippen molar-refractivity contribution in [3.8, 4) is 5.75 Å². The largest absolute Gasteiger partial charge is 0.496 e. The standard InChI is InChI=1S/C27H34O4Si/c1-27(2,19-12-20-31-26(21-28)24-17-10-11-18-25(24)30-3)32(29,22-13-6-4-7-14-22)23-15-8-5-9-16-23/h4-11,13-18,26,28-29H,12,19-21H2,1-3H3/t26-/m0/s1. The highest BCUT2D eigenvalue weighted by molar-refractivity contribution is 6.98. The Hall–Kier alpha value is -2.44. The SMILES string of the molecule is COc1ccccc1[C@H](CO)OCCCC(C)(C)[Si](O)(c1ccccc1)c1ccccc1. The van der Waals surface area contributed by atoms with Gasteiger partial charge in [0.25, 0.3) is 8.32 Å². The Balaban J connectivity index is 1.73. The monoisotopic (exact) mass is 450 g/mol. The molecular formula is C27H34O4Si. The molecule has 0 saturated carbocycles. The van der Waals surface area contributed by atoms with Crippen LogP contribution >= 0.6 is 0 Å². The van der Waals surface area contributed by atoms with Gasteiger partial charge in [0.05, 0.1) is 13.7 Å². The Bertz CT molecular complexity index is 920. The van der Waals surface area contributed by atoms with Gasteiger partial charge < -0.3 is 19.4 Å². The van der Waals surface area contributed by atoms with Crippen LogP contribution in [0.15, 0.2) is 84.9 Å². The summed E-state index contributed by atoms with van der Waals surface area (Å²) in [6, 6.07) is 27.7. The predicted octanol–water partition coefficient (Wildman–Crippen LogP) is 4.06. The topological polar surface area (TPSA) is 58.9 Å². The molecule has 0 heterocycles. The Kier molecular flexibility index (Phi) is 8.26. The first kappa shape index (κ1) is 24.2. The third kappa shape index (κ3) is 5.13. The third-order valence-corrected chi connectivity index (χ3v) is 10.8. The average molecular weight is 451 g/mol. The smallest absolute Gasteiger partial charge is 0.258 e. The molecule has 3 rings (SSSR count). The van der Waals surface area contributed by atoms with Gasteiger partial charge in [-0.25, -0.2) is 0 Å². The van der Waals surface area contributed by atoms with Crippen molar-refractivity contribution in [2.45, 2.75) is 37.8 Å². The molecule has 3 aromatic carbocycles. The second-order valence-corrected chi connectivity index (χ2v) is 12.6. The summed E-state index contributed by atoms with van der Waals surface area (Å²) in [5, 5.41) is 11.6. The highest BCUT2D eigenvalue weighted by Crippen LogP contribution is 2.40. The van der Waals surface area contributed by atoms with Gasteiger partial charge in [-0.2, -0.15) is 0 Å². The van der Waals surface area contributed by atoms with E-state index in [1.165, 1.54) is 0 Å². The lowest BCUT2D eigenvalue weighted by atomic mass is 10.1. The first-order valence-electron chi connectivity index (χ1n) is 11.1. The third-order valence-electron chi connectivity index (χ3n) is 6.28. The van der Waals surface area contributed by atoms with Gasteiger partial charge in [-0.05, 0) is 34.3 Å². The van der Waals surface area contributed by atoms with Gasteiger partial charge in [-0.1, -0.05) is 92.7 Å². The first-order chi connectivity index (χ1) is 15.4. The first-order valence-corrected chi connectivity index (χ1v) is 13.1. The van der Waals surface area contributed by atoms with Crippen LogP contribution in [0.4, 0.5) is 0 Å². The average Bonchev–Trinajstić information content (AvgIpc) is 2.84. The van der Waals surface area contributed by atoms with E-state index in [2.05, 4.69) is 13.8 Å². The minimum atomic E-state index is -3.02. The number of ether oxygens (including phenoxy) is 2. The molecule has 5 heteroatoms. The highest BCUT2D eigenvalue weighted by atomic mass is 28.4. The van der Waals surface area contributed by atoms with Crippen molar-refractivity contribution in [2.75, 3.05) is 20.3 Å². The number of methoxy groups -OCH3 is 1. The van der Waals surface area contributed by atoms with Crippen molar-refractivity contribution >= 4 is 18.7 Å². The van der Waals surface area contributed by atoms with E-state index in [-0.39, 0.29) is 11.6 Å². The van der Waals surface area contributed by atoms with E-state index < -0.39 is 14.4 Å². The fourth-order valence-electron chi connectivity index (χ4n) is 4.40. The number of aliphatic hydroxyl groups is 1. The molecule has 0 radical (unpaired) electrons. The Morgan fingerprint density at radius 2 is 1.38 bits per heavy atom. The molecule has 32 heavy (non-hydrogen) atoms. The van der Waals surface area contributed by atoms with Crippen LogP contribution in [0, 0.1) is 0 Å². The minimum absolute atomic E-state index is 0.115. The summed E-state index contributed by atoms with van der Waals surface area (Å²) in [5.41, 5.74) is 0.844. The molecule has 0 aromatic heterocycles.